The van der Waals surface area contributed by atoms with Crippen LogP contribution in [0.5, 0.6) is 17.2 Å². The fraction of sp³-hybridized carbons (Fsp3) is 0.312. The van der Waals surface area contributed by atoms with Crippen LogP contribution in [0, 0.1) is 0 Å². The van der Waals surface area contributed by atoms with Crippen molar-refractivity contribution in [1.82, 2.24) is 4.98 Å². The van der Waals surface area contributed by atoms with E-state index in [9.17, 15) is 0 Å². The van der Waals surface area contributed by atoms with Crippen LogP contribution in [0.4, 0.5) is 0 Å². The van der Waals surface area contributed by atoms with Gasteiger partial charge in [0.1, 0.15) is 0 Å². The molecule has 2 rings (SSSR count). The second-order valence-electron chi connectivity index (χ2n) is 4.49. The van der Waals surface area contributed by atoms with Crippen LogP contribution >= 0.6 is 0 Å². The quantitative estimate of drug-likeness (QED) is 0.846. The van der Waals surface area contributed by atoms with Crippen molar-refractivity contribution in [2.24, 2.45) is 5.73 Å². The summed E-state index contributed by atoms with van der Waals surface area (Å²) in [5.41, 5.74) is 7.77. The van der Waals surface area contributed by atoms with Gasteiger partial charge in [0.25, 0.3) is 0 Å². The fourth-order valence-electron chi connectivity index (χ4n) is 2.01. The lowest BCUT2D eigenvalue weighted by atomic mass is 10.2. The molecule has 2 N–H and O–H groups in total. The van der Waals surface area contributed by atoms with Gasteiger partial charge in [-0.25, -0.2) is 0 Å². The minimum absolute atomic E-state index is 0.421. The monoisotopic (exact) mass is 288 g/mol. The van der Waals surface area contributed by atoms with E-state index in [2.05, 4.69) is 4.98 Å². The highest BCUT2D eigenvalue weighted by Crippen LogP contribution is 2.38. The zero-order valence-corrected chi connectivity index (χ0v) is 12.3. The topological polar surface area (TPSA) is 66.6 Å². The molecule has 0 saturated heterocycles. The molecule has 1 aromatic heterocycles. The average Bonchev–Trinajstić information content (AvgIpc) is 2.55. The molecule has 0 aliphatic heterocycles. The lowest BCUT2D eigenvalue weighted by Crippen LogP contribution is -2.06. The molecule has 5 heteroatoms. The van der Waals surface area contributed by atoms with Crippen LogP contribution in [0.1, 0.15) is 11.1 Å². The second kappa shape index (κ2) is 7.50. The Balaban J connectivity index is 2.11. The lowest BCUT2D eigenvalue weighted by molar-refractivity contribution is 0.277. The third-order valence-corrected chi connectivity index (χ3v) is 3.14. The maximum atomic E-state index is 5.84. The molecule has 0 unspecified atom stereocenters. The molecule has 1 aromatic carbocycles. The average molecular weight is 288 g/mol. The van der Waals surface area contributed by atoms with E-state index in [0.717, 1.165) is 12.0 Å². The van der Waals surface area contributed by atoms with Gasteiger partial charge >= 0.3 is 0 Å². The van der Waals surface area contributed by atoms with Crippen molar-refractivity contribution >= 4 is 0 Å². The number of pyridine rings is 1. The van der Waals surface area contributed by atoms with Gasteiger partial charge in [-0.3, -0.25) is 4.98 Å². The van der Waals surface area contributed by atoms with E-state index in [0.29, 0.717) is 30.4 Å². The Labute approximate surface area is 124 Å². The van der Waals surface area contributed by atoms with Gasteiger partial charge in [-0.2, -0.15) is 0 Å². The van der Waals surface area contributed by atoms with E-state index < -0.39 is 0 Å². The Bertz CT molecular complexity index is 548. The molecule has 0 fully saturated rings. The van der Waals surface area contributed by atoms with Gasteiger partial charge < -0.3 is 19.9 Å². The van der Waals surface area contributed by atoms with Crippen LogP contribution in [0.15, 0.2) is 36.7 Å². The first kappa shape index (κ1) is 15.1. The molecule has 0 saturated carbocycles. The van der Waals surface area contributed by atoms with Crippen LogP contribution < -0.4 is 19.9 Å². The van der Waals surface area contributed by atoms with Gasteiger partial charge in [-0.15, -0.1) is 0 Å². The first-order valence-corrected chi connectivity index (χ1v) is 6.75. The molecule has 0 aliphatic carbocycles. The van der Waals surface area contributed by atoms with Gasteiger partial charge in [-0.1, -0.05) is 0 Å². The predicted octanol–water partition coefficient (Wildman–Crippen LogP) is 2.18. The van der Waals surface area contributed by atoms with E-state index in [4.69, 9.17) is 19.9 Å². The van der Waals surface area contributed by atoms with E-state index in [1.165, 1.54) is 5.56 Å². The van der Waals surface area contributed by atoms with Crippen LogP contribution in [0.3, 0.4) is 0 Å². The third-order valence-electron chi connectivity index (χ3n) is 3.14. The molecule has 0 radical (unpaired) electrons. The van der Waals surface area contributed by atoms with Gasteiger partial charge in [0.2, 0.25) is 5.75 Å². The summed E-state index contributed by atoms with van der Waals surface area (Å²) in [6.07, 6.45) is 4.33. The Hall–Kier alpha value is -2.27. The highest BCUT2D eigenvalue weighted by atomic mass is 16.5. The van der Waals surface area contributed by atoms with Gasteiger partial charge in [-0.05, 0) is 35.4 Å². The number of aromatic nitrogens is 1. The molecule has 0 bridgehead atoms. The highest BCUT2D eigenvalue weighted by molar-refractivity contribution is 5.53. The van der Waals surface area contributed by atoms with Crippen molar-refractivity contribution < 1.29 is 14.2 Å². The zero-order valence-electron chi connectivity index (χ0n) is 12.3. The number of nitrogens with zero attached hydrogens (tertiary/aromatic N) is 1. The van der Waals surface area contributed by atoms with Crippen molar-refractivity contribution in [3.05, 3.63) is 47.8 Å². The number of hydrogen-bond donors (Lipinski definition) is 1. The largest absolute Gasteiger partial charge is 0.493 e. The molecular formula is C16H20N2O3. The van der Waals surface area contributed by atoms with E-state index in [1.807, 2.05) is 24.3 Å². The summed E-state index contributed by atoms with van der Waals surface area (Å²) in [5.74, 6) is 1.86. The summed E-state index contributed by atoms with van der Waals surface area (Å²) in [5, 5.41) is 0. The summed E-state index contributed by atoms with van der Waals surface area (Å²) in [6.45, 7) is 0.947. The molecule has 0 spiro atoms. The summed E-state index contributed by atoms with van der Waals surface area (Å²) < 4.78 is 16.6. The molecule has 1 heterocycles. The second-order valence-corrected chi connectivity index (χ2v) is 4.49. The number of methoxy groups -OCH3 is 2. The minimum atomic E-state index is 0.421. The molecule has 0 aliphatic rings. The summed E-state index contributed by atoms with van der Waals surface area (Å²) in [7, 11) is 3.20. The zero-order chi connectivity index (χ0) is 15.1. The van der Waals surface area contributed by atoms with E-state index in [-0.39, 0.29) is 0 Å². The van der Waals surface area contributed by atoms with Crippen LogP contribution in [-0.4, -0.2) is 25.8 Å². The number of benzene rings is 1. The highest BCUT2D eigenvalue weighted by Gasteiger charge is 2.13. The van der Waals surface area contributed by atoms with E-state index >= 15 is 0 Å². The van der Waals surface area contributed by atoms with Gasteiger partial charge in [0.05, 0.1) is 20.8 Å². The summed E-state index contributed by atoms with van der Waals surface area (Å²) in [4.78, 5) is 3.99. The summed E-state index contributed by atoms with van der Waals surface area (Å²) in [6, 6.07) is 7.67. The lowest BCUT2D eigenvalue weighted by Gasteiger charge is -2.15. The molecule has 112 valence electrons. The normalized spacial score (nSPS) is 10.2. The predicted molar refractivity (Wildman–Crippen MR) is 80.9 cm³/mol. The molecule has 0 amide bonds. The van der Waals surface area contributed by atoms with Crippen LogP contribution in [-0.2, 0) is 13.0 Å². The summed E-state index contributed by atoms with van der Waals surface area (Å²) >= 11 is 0. The van der Waals surface area contributed by atoms with Crippen molar-refractivity contribution in [2.45, 2.75) is 13.0 Å². The Morgan fingerprint density at radius 2 is 1.62 bits per heavy atom. The first-order chi connectivity index (χ1) is 10.3. The first-order valence-electron chi connectivity index (χ1n) is 6.75. The standard InChI is InChI=1S/C16H20N2O3/c1-19-14-9-13(11-17)10-15(20-2)16(14)21-8-5-12-3-6-18-7-4-12/h3-4,6-7,9-10H,5,8,11,17H2,1-2H3. The maximum Gasteiger partial charge on any atom is 0.203 e. The number of rotatable bonds is 7. The van der Waals surface area contributed by atoms with Crippen LogP contribution in [0.25, 0.3) is 0 Å². The molecule has 21 heavy (non-hydrogen) atoms. The van der Waals surface area contributed by atoms with Crippen molar-refractivity contribution in [3.8, 4) is 17.2 Å². The van der Waals surface area contributed by atoms with Crippen molar-refractivity contribution in [2.75, 3.05) is 20.8 Å². The SMILES string of the molecule is COc1cc(CN)cc(OC)c1OCCc1ccncc1. The maximum absolute atomic E-state index is 5.84. The molecule has 0 atom stereocenters. The Morgan fingerprint density at radius 1 is 1.00 bits per heavy atom. The fourth-order valence-corrected chi connectivity index (χ4v) is 2.01. The molecule has 2 aromatic rings. The van der Waals surface area contributed by atoms with E-state index in [1.54, 1.807) is 26.6 Å². The van der Waals surface area contributed by atoms with Crippen LogP contribution in [0.2, 0.25) is 0 Å². The number of ether oxygens (including phenoxy) is 3. The third kappa shape index (κ3) is 3.86. The molecular weight excluding hydrogens is 268 g/mol. The Kier molecular flexibility index (Phi) is 5.40. The van der Waals surface area contributed by atoms with Crippen molar-refractivity contribution in [3.63, 3.8) is 0 Å². The Morgan fingerprint density at radius 3 is 2.14 bits per heavy atom. The molecule has 5 nitrogen and oxygen atoms in total. The number of hydrogen-bond acceptors (Lipinski definition) is 5. The van der Waals surface area contributed by atoms with Crippen molar-refractivity contribution in [1.29, 1.82) is 0 Å². The number of nitrogens with two attached hydrogens (primary N) is 1. The van der Waals surface area contributed by atoms with Gasteiger partial charge in [0.15, 0.2) is 11.5 Å². The smallest absolute Gasteiger partial charge is 0.203 e. The van der Waals surface area contributed by atoms with Gasteiger partial charge in [0, 0.05) is 25.4 Å². The minimum Gasteiger partial charge on any atom is -0.493 e.